The average molecular weight is 231 g/mol. The summed E-state index contributed by atoms with van der Waals surface area (Å²) < 4.78 is 0. The minimum Gasteiger partial charge on any atom is -0.387 e. The molecular weight excluding hydrogens is 218 g/mol. The van der Waals surface area contributed by atoms with Crippen molar-refractivity contribution in [2.75, 3.05) is 0 Å². The molecule has 2 N–H and O–H groups in total. The van der Waals surface area contributed by atoms with E-state index in [1.165, 1.54) is 6.07 Å². The summed E-state index contributed by atoms with van der Waals surface area (Å²) in [6.45, 7) is 0. The summed E-state index contributed by atoms with van der Waals surface area (Å²) >= 11 is 0. The molecule has 17 heavy (non-hydrogen) atoms. The number of hydrogen-bond acceptors (Lipinski definition) is 4. The van der Waals surface area contributed by atoms with Gasteiger partial charge in [-0.15, -0.1) is 0 Å². The number of aliphatic imine (C=N–C) groups is 1. The number of rotatable bonds is 1. The van der Waals surface area contributed by atoms with Gasteiger partial charge in [0.1, 0.15) is 5.84 Å². The molecule has 0 aromatic heterocycles. The Kier molecular flexibility index (Phi) is 2.14. The molecule has 2 aliphatic rings. The monoisotopic (exact) mass is 231 g/mol. The lowest BCUT2D eigenvalue weighted by atomic mass is 9.85. The van der Waals surface area contributed by atoms with Gasteiger partial charge >= 0.3 is 0 Å². The van der Waals surface area contributed by atoms with Crippen LogP contribution in [0.3, 0.4) is 0 Å². The summed E-state index contributed by atoms with van der Waals surface area (Å²) in [5.41, 5.74) is 7.82. The molecule has 1 saturated carbocycles. The van der Waals surface area contributed by atoms with E-state index in [4.69, 9.17) is 5.73 Å². The van der Waals surface area contributed by atoms with Crippen LogP contribution in [0.15, 0.2) is 23.2 Å². The molecule has 5 heteroatoms. The molecule has 1 aromatic carbocycles. The summed E-state index contributed by atoms with van der Waals surface area (Å²) in [7, 11) is 0. The molecule has 0 spiro atoms. The van der Waals surface area contributed by atoms with Crippen molar-refractivity contribution >= 4 is 17.2 Å². The first-order chi connectivity index (χ1) is 8.16. The van der Waals surface area contributed by atoms with Crippen molar-refractivity contribution in [3.63, 3.8) is 0 Å². The van der Waals surface area contributed by atoms with Crippen molar-refractivity contribution in [3.8, 4) is 0 Å². The van der Waals surface area contributed by atoms with Crippen LogP contribution in [0.5, 0.6) is 0 Å². The van der Waals surface area contributed by atoms with Gasteiger partial charge in [0.25, 0.3) is 5.69 Å². The second kappa shape index (κ2) is 3.55. The van der Waals surface area contributed by atoms with Crippen LogP contribution in [0.2, 0.25) is 0 Å². The molecule has 1 aliphatic heterocycles. The van der Waals surface area contributed by atoms with E-state index in [0.29, 0.717) is 23.4 Å². The Hall–Kier alpha value is -1.91. The smallest absolute Gasteiger partial charge is 0.271 e. The lowest BCUT2D eigenvalue weighted by molar-refractivity contribution is -0.384. The van der Waals surface area contributed by atoms with Gasteiger partial charge in [-0.3, -0.25) is 10.1 Å². The molecule has 0 saturated heterocycles. The number of benzene rings is 1. The van der Waals surface area contributed by atoms with Crippen LogP contribution in [0.25, 0.3) is 0 Å². The summed E-state index contributed by atoms with van der Waals surface area (Å²) in [6, 6.07) is 4.92. The number of amidine groups is 1. The molecule has 1 aliphatic carbocycles. The quantitative estimate of drug-likeness (QED) is 0.595. The van der Waals surface area contributed by atoms with Crippen LogP contribution in [0.1, 0.15) is 30.7 Å². The third kappa shape index (κ3) is 1.50. The first kappa shape index (κ1) is 10.3. The van der Waals surface area contributed by atoms with Crippen LogP contribution < -0.4 is 5.73 Å². The minimum absolute atomic E-state index is 0.0803. The van der Waals surface area contributed by atoms with Crippen molar-refractivity contribution in [3.05, 3.63) is 33.9 Å². The normalized spacial score (nSPS) is 26.0. The van der Waals surface area contributed by atoms with Gasteiger partial charge in [0.15, 0.2) is 0 Å². The second-order valence-electron chi connectivity index (χ2n) is 4.68. The molecule has 5 nitrogen and oxygen atoms in total. The maximum Gasteiger partial charge on any atom is 0.271 e. The Morgan fingerprint density at radius 3 is 2.88 bits per heavy atom. The summed E-state index contributed by atoms with van der Waals surface area (Å²) in [6.07, 6.45) is 3.34. The lowest BCUT2D eigenvalue weighted by Gasteiger charge is -2.25. The van der Waals surface area contributed by atoms with E-state index in [2.05, 4.69) is 4.99 Å². The van der Waals surface area contributed by atoms with Crippen molar-refractivity contribution in [2.45, 2.75) is 25.2 Å². The first-order valence-corrected chi connectivity index (χ1v) is 5.79. The maximum atomic E-state index is 10.7. The van der Waals surface area contributed by atoms with Crippen LogP contribution >= 0.6 is 0 Å². The van der Waals surface area contributed by atoms with Gasteiger partial charge in [-0.2, -0.15) is 0 Å². The highest BCUT2D eigenvalue weighted by Gasteiger charge is 2.36. The van der Waals surface area contributed by atoms with E-state index in [9.17, 15) is 10.1 Å². The number of fused-ring (bicyclic) bond motifs is 3. The largest absolute Gasteiger partial charge is 0.387 e. The topological polar surface area (TPSA) is 81.5 Å². The van der Waals surface area contributed by atoms with E-state index < -0.39 is 4.92 Å². The van der Waals surface area contributed by atoms with Crippen LogP contribution in [0.4, 0.5) is 11.4 Å². The van der Waals surface area contributed by atoms with E-state index >= 15 is 0 Å². The fourth-order valence-electron chi connectivity index (χ4n) is 2.96. The van der Waals surface area contributed by atoms with Gasteiger partial charge in [0.2, 0.25) is 0 Å². The number of hydrogen-bond donors (Lipinski definition) is 1. The molecule has 0 radical (unpaired) electrons. The molecule has 0 amide bonds. The van der Waals surface area contributed by atoms with E-state index in [1.54, 1.807) is 6.07 Å². The van der Waals surface area contributed by atoms with Gasteiger partial charge in [0.05, 0.1) is 10.6 Å². The number of nitrogens with two attached hydrogens (primary N) is 1. The fraction of sp³-hybridized carbons (Fsp3) is 0.417. The van der Waals surface area contributed by atoms with E-state index in [-0.39, 0.29) is 5.69 Å². The van der Waals surface area contributed by atoms with Gasteiger partial charge in [-0.05, 0) is 30.4 Å². The van der Waals surface area contributed by atoms with Gasteiger partial charge in [-0.1, -0.05) is 6.42 Å². The third-order valence-corrected chi connectivity index (χ3v) is 3.77. The minimum atomic E-state index is -0.396. The van der Waals surface area contributed by atoms with Crippen molar-refractivity contribution in [2.24, 2.45) is 16.6 Å². The molecule has 0 bridgehead atoms. The molecular formula is C12H13N3O2. The van der Waals surface area contributed by atoms with Crippen molar-refractivity contribution in [1.82, 2.24) is 0 Å². The highest BCUT2D eigenvalue weighted by Crippen LogP contribution is 2.47. The second-order valence-corrected chi connectivity index (χ2v) is 4.68. The number of nitro benzene ring substituents is 1. The van der Waals surface area contributed by atoms with Crippen LogP contribution in [-0.2, 0) is 0 Å². The van der Waals surface area contributed by atoms with Gasteiger partial charge in [0, 0.05) is 18.1 Å². The van der Waals surface area contributed by atoms with Crippen molar-refractivity contribution < 1.29 is 4.92 Å². The molecule has 1 fully saturated rings. The lowest BCUT2D eigenvalue weighted by Crippen LogP contribution is -2.28. The molecule has 3 rings (SSSR count). The molecule has 2 atom stereocenters. The van der Waals surface area contributed by atoms with Crippen LogP contribution in [0, 0.1) is 16.0 Å². The number of nitro groups is 1. The average Bonchev–Trinajstić information content (AvgIpc) is 2.78. The summed E-state index contributed by atoms with van der Waals surface area (Å²) in [5.74, 6) is 1.38. The fourth-order valence-corrected chi connectivity index (χ4v) is 2.96. The maximum absolute atomic E-state index is 10.7. The zero-order valence-corrected chi connectivity index (χ0v) is 9.30. The first-order valence-electron chi connectivity index (χ1n) is 5.79. The predicted molar refractivity (Wildman–Crippen MR) is 64.5 cm³/mol. The Bertz CT molecular complexity index is 524. The highest BCUT2D eigenvalue weighted by atomic mass is 16.6. The SMILES string of the molecule is NC1=Nc2cc([N+](=O)[O-])ccc2C2CCCC12. The number of nitrogens with zero attached hydrogens (tertiary/aromatic N) is 2. The predicted octanol–water partition coefficient (Wildman–Crippen LogP) is 2.48. The van der Waals surface area contributed by atoms with Gasteiger partial charge in [-0.25, -0.2) is 4.99 Å². The Balaban J connectivity index is 2.12. The Morgan fingerprint density at radius 2 is 2.12 bits per heavy atom. The third-order valence-electron chi connectivity index (χ3n) is 3.77. The summed E-state index contributed by atoms with van der Waals surface area (Å²) in [4.78, 5) is 14.6. The Labute approximate surface area is 98.5 Å². The van der Waals surface area contributed by atoms with Gasteiger partial charge < -0.3 is 5.73 Å². The zero-order valence-electron chi connectivity index (χ0n) is 9.30. The van der Waals surface area contributed by atoms with Crippen molar-refractivity contribution in [1.29, 1.82) is 0 Å². The summed E-state index contributed by atoms with van der Waals surface area (Å²) in [5, 5.41) is 10.7. The Morgan fingerprint density at radius 1 is 1.35 bits per heavy atom. The molecule has 1 aromatic rings. The van der Waals surface area contributed by atoms with E-state index in [1.807, 2.05) is 6.07 Å². The molecule has 88 valence electrons. The zero-order chi connectivity index (χ0) is 12.0. The standard InChI is InChI=1S/C12H13N3O2/c13-12-10-3-1-2-8(10)9-5-4-7(15(16)17)6-11(9)14-12/h4-6,8,10H,1-3H2,(H2,13,14). The van der Waals surface area contributed by atoms with Crippen LogP contribution in [-0.4, -0.2) is 10.8 Å². The van der Waals surface area contributed by atoms with E-state index in [0.717, 1.165) is 24.8 Å². The number of non-ortho nitro benzene ring substituents is 1. The highest BCUT2D eigenvalue weighted by molar-refractivity contribution is 5.89. The molecule has 2 unspecified atom stereocenters. The molecule has 1 heterocycles.